The number of carbonyl (C=O) groups excluding carboxylic acids is 1. The van der Waals surface area contributed by atoms with E-state index in [0.717, 1.165) is 0 Å². The predicted octanol–water partition coefficient (Wildman–Crippen LogP) is 2.42. The molecule has 1 aromatic heterocycles. The van der Waals surface area contributed by atoms with Gasteiger partial charge in [0, 0.05) is 27.7 Å². The molecule has 0 atom stereocenters. The van der Waals surface area contributed by atoms with E-state index < -0.39 is 15.9 Å². The average Bonchev–Trinajstić information content (AvgIpc) is 2.56. The van der Waals surface area contributed by atoms with Gasteiger partial charge in [0.05, 0.1) is 11.3 Å². The molecule has 3 aromatic rings. The van der Waals surface area contributed by atoms with Crippen LogP contribution in [0.4, 0.5) is 5.69 Å². The zero-order chi connectivity index (χ0) is 18.9. The zero-order valence-corrected chi connectivity index (χ0v) is 14.9. The highest BCUT2D eigenvalue weighted by Gasteiger charge is 2.17. The molecule has 0 spiro atoms. The number of carbonyl (C=O) groups is 1. The lowest BCUT2D eigenvalue weighted by molar-refractivity contribution is -0.115. The molecule has 1 amide bonds. The van der Waals surface area contributed by atoms with Gasteiger partial charge in [-0.15, -0.1) is 0 Å². The van der Waals surface area contributed by atoms with Crippen LogP contribution >= 0.6 is 11.6 Å². The number of pyridine rings is 1. The Morgan fingerprint density at radius 3 is 2.62 bits per heavy atom. The number of fused-ring (bicyclic) bond motifs is 1. The lowest BCUT2D eigenvalue weighted by Gasteiger charge is -2.11. The quantitative estimate of drug-likeness (QED) is 0.630. The Morgan fingerprint density at radius 2 is 1.92 bits per heavy atom. The van der Waals surface area contributed by atoms with Crippen LogP contribution in [0.3, 0.4) is 0 Å². The van der Waals surface area contributed by atoms with E-state index in [1.807, 2.05) is 0 Å². The Labute approximate surface area is 154 Å². The van der Waals surface area contributed by atoms with Gasteiger partial charge in [-0.2, -0.15) is 0 Å². The fourth-order valence-corrected chi connectivity index (χ4v) is 3.54. The number of hydrogen-bond acceptors (Lipinski definition) is 5. The maximum atomic E-state index is 12.3. The van der Waals surface area contributed by atoms with Crippen LogP contribution in [-0.2, 0) is 21.2 Å². The highest BCUT2D eigenvalue weighted by Crippen LogP contribution is 2.31. The molecule has 0 unspecified atom stereocenters. The smallest absolute Gasteiger partial charge is 0.238 e. The third-order valence-corrected chi connectivity index (χ3v) is 5.04. The predicted molar refractivity (Wildman–Crippen MR) is 98.6 cm³/mol. The van der Waals surface area contributed by atoms with Crippen molar-refractivity contribution in [3.8, 4) is 5.88 Å². The third-order valence-electron chi connectivity index (χ3n) is 3.72. The molecule has 9 heteroatoms. The van der Waals surface area contributed by atoms with E-state index in [1.54, 1.807) is 24.3 Å². The first kappa shape index (κ1) is 18.1. The molecule has 1 heterocycles. The second-order valence-corrected chi connectivity index (χ2v) is 7.50. The van der Waals surface area contributed by atoms with Crippen LogP contribution in [0.1, 0.15) is 5.56 Å². The van der Waals surface area contributed by atoms with Gasteiger partial charge in [-0.1, -0.05) is 29.8 Å². The van der Waals surface area contributed by atoms with Crippen molar-refractivity contribution in [1.29, 1.82) is 0 Å². The van der Waals surface area contributed by atoms with Gasteiger partial charge in [0.2, 0.25) is 21.8 Å². The molecule has 0 saturated carbocycles. The summed E-state index contributed by atoms with van der Waals surface area (Å²) in [6, 6.07) is 11.0. The Hall–Kier alpha value is -2.68. The van der Waals surface area contributed by atoms with Crippen molar-refractivity contribution >= 4 is 44.0 Å². The molecule has 3 rings (SSSR count). The summed E-state index contributed by atoms with van der Waals surface area (Å²) in [6.45, 7) is 0. The molecule has 26 heavy (non-hydrogen) atoms. The molecule has 2 aromatic carbocycles. The number of benzene rings is 2. The van der Waals surface area contributed by atoms with E-state index >= 15 is 0 Å². The number of rotatable bonds is 4. The van der Waals surface area contributed by atoms with Gasteiger partial charge in [0.15, 0.2) is 0 Å². The summed E-state index contributed by atoms with van der Waals surface area (Å²) in [5.74, 6) is -0.768. The number of nitrogens with one attached hydrogen (secondary N) is 1. The van der Waals surface area contributed by atoms with Gasteiger partial charge in [0.1, 0.15) is 0 Å². The van der Waals surface area contributed by atoms with Crippen molar-refractivity contribution in [2.45, 2.75) is 11.3 Å². The van der Waals surface area contributed by atoms with Crippen molar-refractivity contribution in [3.05, 3.63) is 59.2 Å². The summed E-state index contributed by atoms with van der Waals surface area (Å²) >= 11 is 6.04. The average molecular weight is 392 g/mol. The van der Waals surface area contributed by atoms with Crippen molar-refractivity contribution in [3.63, 3.8) is 0 Å². The lowest BCUT2D eigenvalue weighted by atomic mass is 10.1. The SMILES string of the molecule is NS(=O)(=O)c1cc(NC(=O)Cc2ccccc2Cl)cc2c(O)nccc12. The van der Waals surface area contributed by atoms with Crippen LogP contribution in [0.2, 0.25) is 5.02 Å². The number of primary sulfonamides is 1. The Kier molecular flexibility index (Phi) is 4.82. The molecule has 0 aliphatic heterocycles. The van der Waals surface area contributed by atoms with Gasteiger partial charge in [-0.3, -0.25) is 4.79 Å². The second kappa shape index (κ2) is 6.91. The maximum Gasteiger partial charge on any atom is 0.238 e. The number of halogens is 1. The molecule has 0 fully saturated rings. The first-order valence-electron chi connectivity index (χ1n) is 7.43. The number of nitrogens with two attached hydrogens (primary N) is 1. The zero-order valence-electron chi connectivity index (χ0n) is 13.3. The lowest BCUT2D eigenvalue weighted by Crippen LogP contribution is -2.17. The van der Waals surface area contributed by atoms with Crippen molar-refractivity contribution in [1.82, 2.24) is 4.98 Å². The van der Waals surface area contributed by atoms with Gasteiger partial charge in [0.25, 0.3) is 0 Å². The first-order valence-corrected chi connectivity index (χ1v) is 9.36. The van der Waals surface area contributed by atoms with E-state index in [2.05, 4.69) is 10.3 Å². The van der Waals surface area contributed by atoms with Crippen LogP contribution in [0.5, 0.6) is 5.88 Å². The standard InChI is InChI=1S/C17H14ClN3O4S/c18-14-4-2-1-3-10(14)7-16(22)21-11-8-13-12(5-6-20-17(13)23)15(9-11)26(19,24)25/h1-6,8-9H,7H2,(H,20,23)(H,21,22)(H2,19,24,25). The topological polar surface area (TPSA) is 122 Å². The van der Waals surface area contributed by atoms with Crippen LogP contribution in [0.15, 0.2) is 53.6 Å². The molecule has 4 N–H and O–H groups in total. The third kappa shape index (κ3) is 3.77. The minimum absolute atomic E-state index is 0.00143. The van der Waals surface area contributed by atoms with Gasteiger partial charge in [-0.05, 0) is 29.8 Å². The molecule has 7 nitrogen and oxygen atoms in total. The summed E-state index contributed by atoms with van der Waals surface area (Å²) in [6.07, 6.45) is 1.27. The second-order valence-electron chi connectivity index (χ2n) is 5.57. The monoisotopic (exact) mass is 391 g/mol. The van der Waals surface area contributed by atoms with Crippen molar-refractivity contribution in [2.24, 2.45) is 5.14 Å². The first-order chi connectivity index (χ1) is 12.3. The Morgan fingerprint density at radius 1 is 1.19 bits per heavy atom. The molecule has 0 bridgehead atoms. The van der Waals surface area contributed by atoms with E-state index in [1.165, 1.54) is 24.4 Å². The minimum atomic E-state index is -4.08. The van der Waals surface area contributed by atoms with Gasteiger partial charge in [-0.25, -0.2) is 18.5 Å². The maximum absolute atomic E-state index is 12.3. The molecule has 0 radical (unpaired) electrons. The van der Waals surface area contributed by atoms with Gasteiger partial charge >= 0.3 is 0 Å². The Bertz CT molecular complexity index is 1120. The largest absolute Gasteiger partial charge is 0.493 e. The van der Waals surface area contributed by atoms with Crippen molar-refractivity contribution in [2.75, 3.05) is 5.32 Å². The molecule has 134 valence electrons. The van der Waals surface area contributed by atoms with Crippen LogP contribution in [0, 0.1) is 0 Å². The molecule has 0 aliphatic rings. The van der Waals surface area contributed by atoms with Crippen LogP contribution < -0.4 is 10.5 Å². The fourth-order valence-electron chi connectivity index (χ4n) is 2.56. The van der Waals surface area contributed by atoms with E-state index in [4.69, 9.17) is 16.7 Å². The summed E-state index contributed by atoms with van der Waals surface area (Å²) < 4.78 is 23.8. The number of hydrogen-bond donors (Lipinski definition) is 3. The molecular weight excluding hydrogens is 378 g/mol. The summed E-state index contributed by atoms with van der Waals surface area (Å²) in [7, 11) is -4.08. The summed E-state index contributed by atoms with van der Waals surface area (Å²) in [5, 5.41) is 18.6. The molecular formula is C17H14ClN3O4S. The number of anilines is 1. The number of sulfonamides is 1. The highest BCUT2D eigenvalue weighted by molar-refractivity contribution is 7.89. The van der Waals surface area contributed by atoms with Crippen molar-refractivity contribution < 1.29 is 18.3 Å². The number of amides is 1. The minimum Gasteiger partial charge on any atom is -0.493 e. The van der Waals surface area contributed by atoms with E-state index in [-0.39, 0.29) is 33.7 Å². The summed E-state index contributed by atoms with van der Waals surface area (Å²) in [5.41, 5.74) is 0.797. The van der Waals surface area contributed by atoms with E-state index in [9.17, 15) is 18.3 Å². The number of nitrogens with zero attached hydrogens (tertiary/aromatic N) is 1. The van der Waals surface area contributed by atoms with Gasteiger partial charge < -0.3 is 10.4 Å². The fraction of sp³-hybridized carbons (Fsp3) is 0.0588. The molecule has 0 saturated heterocycles. The van der Waals surface area contributed by atoms with Crippen LogP contribution in [0.25, 0.3) is 10.8 Å². The highest BCUT2D eigenvalue weighted by atomic mass is 35.5. The molecule has 0 aliphatic carbocycles. The normalized spacial score (nSPS) is 11.5. The Balaban J connectivity index is 1.99. The summed E-state index contributed by atoms with van der Waals surface area (Å²) in [4.78, 5) is 15.8. The number of aromatic nitrogens is 1. The van der Waals surface area contributed by atoms with Crippen LogP contribution in [-0.4, -0.2) is 24.4 Å². The number of aromatic hydroxyl groups is 1. The van der Waals surface area contributed by atoms with E-state index in [0.29, 0.717) is 10.6 Å².